The normalized spacial score (nSPS) is 23.3. The third kappa shape index (κ3) is 1.36. The van der Waals surface area contributed by atoms with Crippen LogP contribution in [0.2, 0.25) is 0 Å². The van der Waals surface area contributed by atoms with Crippen LogP contribution in [0.25, 0.3) is 0 Å². The Morgan fingerprint density at radius 3 is 2.93 bits per heavy atom. The zero-order chi connectivity index (χ0) is 10.3. The standard InChI is InChI=1S/C11H19N3/c1-7(12)9-5-4-6-10-11(9)8(2)14(3)13-10/h7,9H,4-6,12H2,1-3H3. The number of hydrogen-bond donors (Lipinski definition) is 1. The quantitative estimate of drug-likeness (QED) is 0.734. The van der Waals surface area contributed by atoms with Gasteiger partial charge in [-0.2, -0.15) is 5.10 Å². The van der Waals surface area contributed by atoms with Gasteiger partial charge in [-0.05, 0) is 33.1 Å². The molecule has 0 radical (unpaired) electrons. The Bertz CT molecular complexity index is 339. The molecule has 78 valence electrons. The van der Waals surface area contributed by atoms with Gasteiger partial charge in [-0.3, -0.25) is 4.68 Å². The van der Waals surface area contributed by atoms with Crippen LogP contribution in [0.4, 0.5) is 0 Å². The summed E-state index contributed by atoms with van der Waals surface area (Å²) >= 11 is 0. The van der Waals surface area contributed by atoms with Crippen LogP contribution in [0.3, 0.4) is 0 Å². The summed E-state index contributed by atoms with van der Waals surface area (Å²) in [5.74, 6) is 0.521. The molecule has 1 aliphatic rings. The Hall–Kier alpha value is -0.830. The van der Waals surface area contributed by atoms with E-state index in [-0.39, 0.29) is 6.04 Å². The fraction of sp³-hybridized carbons (Fsp3) is 0.727. The SMILES string of the molecule is Cc1c2c(nn1C)CCCC2C(C)N. The van der Waals surface area contributed by atoms with Gasteiger partial charge in [0.05, 0.1) is 5.69 Å². The Kier molecular flexibility index (Phi) is 2.35. The number of rotatable bonds is 1. The molecule has 0 spiro atoms. The lowest BCUT2D eigenvalue weighted by Gasteiger charge is -2.25. The largest absolute Gasteiger partial charge is 0.327 e. The monoisotopic (exact) mass is 193 g/mol. The first-order valence-corrected chi connectivity index (χ1v) is 5.39. The summed E-state index contributed by atoms with van der Waals surface area (Å²) in [4.78, 5) is 0. The van der Waals surface area contributed by atoms with E-state index in [2.05, 4.69) is 18.9 Å². The van der Waals surface area contributed by atoms with E-state index >= 15 is 0 Å². The fourth-order valence-electron chi connectivity index (χ4n) is 2.52. The Morgan fingerprint density at radius 2 is 2.29 bits per heavy atom. The highest BCUT2D eigenvalue weighted by molar-refractivity contribution is 5.32. The second-order valence-electron chi connectivity index (χ2n) is 4.43. The minimum absolute atomic E-state index is 0.247. The van der Waals surface area contributed by atoms with Gasteiger partial charge in [-0.25, -0.2) is 0 Å². The number of aromatic nitrogens is 2. The first kappa shape index (κ1) is 9.71. The van der Waals surface area contributed by atoms with Crippen molar-refractivity contribution in [3.05, 3.63) is 17.0 Å². The van der Waals surface area contributed by atoms with Gasteiger partial charge in [0.25, 0.3) is 0 Å². The van der Waals surface area contributed by atoms with Crippen molar-refractivity contribution < 1.29 is 0 Å². The van der Waals surface area contributed by atoms with Crippen LogP contribution in [0.1, 0.15) is 42.6 Å². The zero-order valence-corrected chi connectivity index (χ0v) is 9.25. The molecule has 0 aromatic carbocycles. The highest BCUT2D eigenvalue weighted by Gasteiger charge is 2.27. The van der Waals surface area contributed by atoms with Gasteiger partial charge in [0, 0.05) is 30.3 Å². The average Bonchev–Trinajstić information content (AvgIpc) is 2.43. The van der Waals surface area contributed by atoms with Gasteiger partial charge in [0.2, 0.25) is 0 Å². The molecule has 0 fully saturated rings. The molecule has 1 aliphatic carbocycles. The Labute approximate surface area is 85.3 Å². The third-order valence-corrected chi connectivity index (χ3v) is 3.39. The molecule has 1 aromatic heterocycles. The number of hydrogen-bond acceptors (Lipinski definition) is 2. The van der Waals surface area contributed by atoms with E-state index < -0.39 is 0 Å². The van der Waals surface area contributed by atoms with Crippen LogP contribution in [-0.4, -0.2) is 15.8 Å². The second-order valence-corrected chi connectivity index (χ2v) is 4.43. The molecule has 2 unspecified atom stereocenters. The molecule has 0 bridgehead atoms. The molecule has 0 saturated heterocycles. The third-order valence-electron chi connectivity index (χ3n) is 3.39. The molecule has 2 N–H and O–H groups in total. The smallest absolute Gasteiger partial charge is 0.0662 e. The first-order chi connectivity index (χ1) is 6.61. The van der Waals surface area contributed by atoms with Crippen LogP contribution < -0.4 is 5.73 Å². The van der Waals surface area contributed by atoms with Crippen molar-refractivity contribution in [2.75, 3.05) is 0 Å². The summed E-state index contributed by atoms with van der Waals surface area (Å²) in [7, 11) is 2.02. The molecular weight excluding hydrogens is 174 g/mol. The molecule has 0 aliphatic heterocycles. The summed E-state index contributed by atoms with van der Waals surface area (Å²) < 4.78 is 1.99. The maximum Gasteiger partial charge on any atom is 0.0662 e. The molecule has 14 heavy (non-hydrogen) atoms. The maximum atomic E-state index is 6.02. The van der Waals surface area contributed by atoms with Gasteiger partial charge in [0.15, 0.2) is 0 Å². The lowest BCUT2D eigenvalue weighted by Crippen LogP contribution is -2.27. The van der Waals surface area contributed by atoms with Gasteiger partial charge in [0.1, 0.15) is 0 Å². The molecule has 1 aromatic rings. The van der Waals surface area contributed by atoms with E-state index in [1.54, 1.807) is 0 Å². The number of fused-ring (bicyclic) bond motifs is 1. The lowest BCUT2D eigenvalue weighted by molar-refractivity contribution is 0.481. The van der Waals surface area contributed by atoms with E-state index in [9.17, 15) is 0 Å². The number of nitrogens with two attached hydrogens (primary N) is 1. The lowest BCUT2D eigenvalue weighted by atomic mass is 9.81. The van der Waals surface area contributed by atoms with E-state index in [4.69, 9.17) is 5.73 Å². The average molecular weight is 193 g/mol. The van der Waals surface area contributed by atoms with Crippen molar-refractivity contribution in [1.82, 2.24) is 9.78 Å². The Morgan fingerprint density at radius 1 is 1.57 bits per heavy atom. The van der Waals surface area contributed by atoms with Crippen LogP contribution in [-0.2, 0) is 13.5 Å². The van der Waals surface area contributed by atoms with Crippen LogP contribution >= 0.6 is 0 Å². The summed E-state index contributed by atoms with van der Waals surface area (Å²) in [6.45, 7) is 4.25. The van der Waals surface area contributed by atoms with Gasteiger partial charge in [-0.15, -0.1) is 0 Å². The van der Waals surface area contributed by atoms with Gasteiger partial charge in [-0.1, -0.05) is 0 Å². The number of aryl methyl sites for hydroxylation is 2. The summed E-state index contributed by atoms with van der Waals surface area (Å²) in [5, 5.41) is 4.54. The van der Waals surface area contributed by atoms with Crippen molar-refractivity contribution in [3.8, 4) is 0 Å². The zero-order valence-electron chi connectivity index (χ0n) is 9.25. The molecule has 3 nitrogen and oxygen atoms in total. The minimum Gasteiger partial charge on any atom is -0.327 e. The van der Waals surface area contributed by atoms with Gasteiger partial charge < -0.3 is 5.73 Å². The topological polar surface area (TPSA) is 43.8 Å². The molecular formula is C11H19N3. The van der Waals surface area contributed by atoms with Crippen LogP contribution in [0.15, 0.2) is 0 Å². The predicted molar refractivity (Wildman–Crippen MR) is 57.3 cm³/mol. The van der Waals surface area contributed by atoms with E-state index in [1.807, 2.05) is 11.7 Å². The van der Waals surface area contributed by atoms with Crippen LogP contribution in [0.5, 0.6) is 0 Å². The van der Waals surface area contributed by atoms with Crippen molar-refractivity contribution in [2.24, 2.45) is 12.8 Å². The maximum absolute atomic E-state index is 6.02. The predicted octanol–water partition coefficient (Wildman–Crippen LogP) is 1.50. The summed E-state index contributed by atoms with van der Waals surface area (Å²) in [6.07, 6.45) is 3.58. The van der Waals surface area contributed by atoms with E-state index in [0.29, 0.717) is 5.92 Å². The van der Waals surface area contributed by atoms with Gasteiger partial charge >= 0.3 is 0 Å². The van der Waals surface area contributed by atoms with Crippen molar-refractivity contribution in [3.63, 3.8) is 0 Å². The molecule has 2 atom stereocenters. The summed E-state index contributed by atoms with van der Waals surface area (Å²) in [6, 6.07) is 0.247. The molecule has 0 amide bonds. The summed E-state index contributed by atoms with van der Waals surface area (Å²) in [5.41, 5.74) is 10.0. The van der Waals surface area contributed by atoms with Crippen molar-refractivity contribution in [2.45, 2.75) is 45.1 Å². The Balaban J connectivity index is 2.47. The van der Waals surface area contributed by atoms with Crippen molar-refractivity contribution >= 4 is 0 Å². The highest BCUT2D eigenvalue weighted by atomic mass is 15.3. The molecule has 0 saturated carbocycles. The van der Waals surface area contributed by atoms with E-state index in [1.165, 1.54) is 29.8 Å². The molecule has 2 rings (SSSR count). The number of nitrogens with zero attached hydrogens (tertiary/aromatic N) is 2. The fourth-order valence-corrected chi connectivity index (χ4v) is 2.52. The van der Waals surface area contributed by atoms with Crippen LogP contribution in [0, 0.1) is 6.92 Å². The van der Waals surface area contributed by atoms with Crippen molar-refractivity contribution in [1.29, 1.82) is 0 Å². The highest BCUT2D eigenvalue weighted by Crippen LogP contribution is 2.34. The van der Waals surface area contributed by atoms with E-state index in [0.717, 1.165) is 6.42 Å². The minimum atomic E-state index is 0.247. The molecule has 3 heteroatoms. The molecule has 1 heterocycles. The first-order valence-electron chi connectivity index (χ1n) is 5.39. The second kappa shape index (κ2) is 3.39.